The average Bonchev–Trinajstić information content (AvgIpc) is 2.61. The van der Waals surface area contributed by atoms with Gasteiger partial charge in [-0.2, -0.15) is 0 Å². The van der Waals surface area contributed by atoms with Gasteiger partial charge in [0.15, 0.2) is 0 Å². The van der Waals surface area contributed by atoms with Crippen LogP contribution >= 0.6 is 0 Å². The second-order valence-corrected chi connectivity index (χ2v) is 5.29. The van der Waals surface area contributed by atoms with Gasteiger partial charge in [0.25, 0.3) is 0 Å². The number of hydrogen-bond acceptors (Lipinski definition) is 3. The summed E-state index contributed by atoms with van der Waals surface area (Å²) >= 11 is 0. The number of aliphatic hydroxyl groups is 1. The van der Waals surface area contributed by atoms with Crippen molar-refractivity contribution in [3.05, 3.63) is 0 Å². The fourth-order valence-electron chi connectivity index (χ4n) is 3.28. The van der Waals surface area contributed by atoms with Gasteiger partial charge in [0.2, 0.25) is 0 Å². The summed E-state index contributed by atoms with van der Waals surface area (Å²) in [5.74, 6) is 0.747. The molecule has 0 spiro atoms. The maximum absolute atomic E-state index is 9.66. The highest BCUT2D eigenvalue weighted by Crippen LogP contribution is 2.29. The smallest absolute Gasteiger partial charge is 0.0589 e. The van der Waals surface area contributed by atoms with Crippen LogP contribution in [0.2, 0.25) is 0 Å². The molecule has 1 aliphatic carbocycles. The van der Waals surface area contributed by atoms with Crippen LogP contribution in [0.15, 0.2) is 0 Å². The molecule has 1 atom stereocenters. The topological polar surface area (TPSA) is 35.5 Å². The molecular weight excluding hydrogens is 200 g/mol. The van der Waals surface area contributed by atoms with Gasteiger partial charge in [-0.05, 0) is 38.3 Å². The van der Waals surface area contributed by atoms with Crippen molar-refractivity contribution in [1.29, 1.82) is 0 Å². The highest BCUT2D eigenvalue weighted by Gasteiger charge is 2.28. The lowest BCUT2D eigenvalue weighted by molar-refractivity contribution is 0.0690. The van der Waals surface area contributed by atoms with Gasteiger partial charge in [0, 0.05) is 19.1 Å². The third-order valence-corrected chi connectivity index (χ3v) is 4.22. The van der Waals surface area contributed by atoms with Crippen LogP contribution in [0.1, 0.15) is 38.5 Å². The first-order valence-electron chi connectivity index (χ1n) is 6.97. The number of hydrogen-bond donors (Lipinski definition) is 2. The van der Waals surface area contributed by atoms with E-state index in [4.69, 9.17) is 0 Å². The predicted octanol–water partition coefficient (Wildman–Crippen LogP) is 1.22. The number of rotatable bonds is 3. The summed E-state index contributed by atoms with van der Waals surface area (Å²) in [5.41, 5.74) is 0. The van der Waals surface area contributed by atoms with Crippen molar-refractivity contribution in [2.24, 2.45) is 5.92 Å². The highest BCUT2D eigenvalue weighted by molar-refractivity contribution is 4.83. The summed E-state index contributed by atoms with van der Waals surface area (Å²) in [7, 11) is 0. The van der Waals surface area contributed by atoms with Crippen LogP contribution in [0.5, 0.6) is 0 Å². The summed E-state index contributed by atoms with van der Waals surface area (Å²) in [6.07, 6.45) is 8.02. The average molecular weight is 226 g/mol. The van der Waals surface area contributed by atoms with Crippen molar-refractivity contribution >= 4 is 0 Å². The number of nitrogens with one attached hydrogen (secondary N) is 1. The molecule has 0 radical (unpaired) electrons. The molecule has 3 nitrogen and oxygen atoms in total. The molecule has 1 saturated carbocycles. The maximum Gasteiger partial charge on any atom is 0.0589 e. The van der Waals surface area contributed by atoms with E-state index in [0.29, 0.717) is 12.6 Å². The Labute approximate surface area is 99.2 Å². The Kier molecular flexibility index (Phi) is 5.07. The fraction of sp³-hybridized carbons (Fsp3) is 1.00. The van der Waals surface area contributed by atoms with E-state index in [1.54, 1.807) is 0 Å². The summed E-state index contributed by atoms with van der Waals surface area (Å²) in [6, 6.07) is 0.431. The lowest BCUT2D eigenvalue weighted by Gasteiger charge is -2.37. The minimum Gasteiger partial charge on any atom is -0.395 e. The van der Waals surface area contributed by atoms with Crippen LogP contribution in [0.25, 0.3) is 0 Å². The van der Waals surface area contributed by atoms with Crippen molar-refractivity contribution in [1.82, 2.24) is 10.2 Å². The Hall–Kier alpha value is -0.120. The molecule has 0 aromatic rings. The van der Waals surface area contributed by atoms with Crippen molar-refractivity contribution in [2.45, 2.75) is 44.6 Å². The summed E-state index contributed by atoms with van der Waals surface area (Å²) in [6.45, 7) is 4.85. The molecule has 94 valence electrons. The third kappa shape index (κ3) is 3.19. The number of aliphatic hydroxyl groups excluding tert-OH is 1. The van der Waals surface area contributed by atoms with Crippen LogP contribution in [0.3, 0.4) is 0 Å². The Bertz CT molecular complexity index is 184. The van der Waals surface area contributed by atoms with Gasteiger partial charge in [-0.3, -0.25) is 4.90 Å². The third-order valence-electron chi connectivity index (χ3n) is 4.22. The van der Waals surface area contributed by atoms with E-state index in [-0.39, 0.29) is 0 Å². The summed E-state index contributed by atoms with van der Waals surface area (Å²) in [5, 5.41) is 13.1. The minimum absolute atomic E-state index is 0.352. The summed E-state index contributed by atoms with van der Waals surface area (Å²) < 4.78 is 0. The predicted molar refractivity (Wildman–Crippen MR) is 66.5 cm³/mol. The maximum atomic E-state index is 9.66. The van der Waals surface area contributed by atoms with Gasteiger partial charge < -0.3 is 10.4 Å². The molecule has 0 aromatic carbocycles. The minimum atomic E-state index is 0.352. The lowest BCUT2D eigenvalue weighted by atomic mass is 9.83. The Balaban J connectivity index is 1.90. The molecule has 2 N–H and O–H groups in total. The van der Waals surface area contributed by atoms with Crippen LogP contribution in [0.4, 0.5) is 0 Å². The first-order chi connectivity index (χ1) is 7.92. The molecule has 16 heavy (non-hydrogen) atoms. The first-order valence-corrected chi connectivity index (χ1v) is 6.97. The van der Waals surface area contributed by atoms with Crippen LogP contribution in [0, 0.1) is 5.92 Å². The van der Waals surface area contributed by atoms with E-state index in [9.17, 15) is 5.11 Å². The molecule has 2 fully saturated rings. The Morgan fingerprint density at radius 2 is 1.88 bits per heavy atom. The normalized spacial score (nSPS) is 27.6. The van der Waals surface area contributed by atoms with Crippen LogP contribution < -0.4 is 5.32 Å². The molecule has 2 rings (SSSR count). The lowest BCUT2D eigenvalue weighted by Crippen LogP contribution is -2.45. The van der Waals surface area contributed by atoms with Crippen molar-refractivity contribution < 1.29 is 5.11 Å². The van der Waals surface area contributed by atoms with Crippen molar-refractivity contribution in [3.63, 3.8) is 0 Å². The molecular formula is C13H26N2O. The van der Waals surface area contributed by atoms with Crippen molar-refractivity contribution in [3.8, 4) is 0 Å². The van der Waals surface area contributed by atoms with Gasteiger partial charge in [-0.1, -0.05) is 19.3 Å². The Morgan fingerprint density at radius 1 is 1.06 bits per heavy atom. The Morgan fingerprint density at radius 3 is 2.62 bits per heavy atom. The van der Waals surface area contributed by atoms with Gasteiger partial charge in [-0.25, -0.2) is 0 Å². The quantitative estimate of drug-likeness (QED) is 0.759. The molecule has 1 saturated heterocycles. The molecule has 2 aliphatic rings. The molecule has 0 amide bonds. The zero-order chi connectivity index (χ0) is 11.2. The molecule has 1 aliphatic heterocycles. The molecule has 1 heterocycles. The monoisotopic (exact) mass is 226 g/mol. The zero-order valence-corrected chi connectivity index (χ0v) is 10.3. The molecule has 0 aromatic heterocycles. The first kappa shape index (κ1) is 12.3. The van der Waals surface area contributed by atoms with Gasteiger partial charge in [0.05, 0.1) is 6.61 Å². The van der Waals surface area contributed by atoms with Gasteiger partial charge in [-0.15, -0.1) is 0 Å². The van der Waals surface area contributed by atoms with E-state index >= 15 is 0 Å². The van der Waals surface area contributed by atoms with Gasteiger partial charge in [0.1, 0.15) is 0 Å². The number of nitrogens with zero attached hydrogens (tertiary/aromatic N) is 1. The van der Waals surface area contributed by atoms with E-state index in [1.807, 2.05) is 0 Å². The standard InChI is InChI=1S/C13H26N2O/c16-11-13(12-5-2-1-3-6-12)15-9-4-7-14-8-10-15/h12-14,16H,1-11H2. The van der Waals surface area contributed by atoms with E-state index in [2.05, 4.69) is 10.2 Å². The second-order valence-electron chi connectivity index (χ2n) is 5.29. The SMILES string of the molecule is OCC(C1CCCCC1)N1CCCNCC1. The zero-order valence-electron chi connectivity index (χ0n) is 10.3. The largest absolute Gasteiger partial charge is 0.395 e. The van der Waals surface area contributed by atoms with Crippen LogP contribution in [-0.2, 0) is 0 Å². The molecule has 3 heteroatoms. The summed E-state index contributed by atoms with van der Waals surface area (Å²) in [4.78, 5) is 2.52. The van der Waals surface area contributed by atoms with Gasteiger partial charge >= 0.3 is 0 Å². The highest BCUT2D eigenvalue weighted by atomic mass is 16.3. The van der Waals surface area contributed by atoms with Crippen LogP contribution in [-0.4, -0.2) is 48.8 Å². The van der Waals surface area contributed by atoms with E-state index in [1.165, 1.54) is 38.5 Å². The van der Waals surface area contributed by atoms with E-state index in [0.717, 1.165) is 32.1 Å². The fourth-order valence-corrected chi connectivity index (χ4v) is 3.28. The second kappa shape index (κ2) is 6.58. The van der Waals surface area contributed by atoms with E-state index < -0.39 is 0 Å². The molecule has 0 bridgehead atoms. The van der Waals surface area contributed by atoms with Crippen molar-refractivity contribution in [2.75, 3.05) is 32.8 Å². The molecule has 1 unspecified atom stereocenters.